The molecular formula is C20H42O4. The van der Waals surface area contributed by atoms with E-state index in [1.165, 1.54) is 12.8 Å². The Balaban J connectivity index is 4.81. The van der Waals surface area contributed by atoms with Gasteiger partial charge in [0, 0.05) is 6.42 Å². The van der Waals surface area contributed by atoms with Gasteiger partial charge in [0.15, 0.2) is 0 Å². The fourth-order valence-electron chi connectivity index (χ4n) is 1.55. The summed E-state index contributed by atoms with van der Waals surface area (Å²) in [6.45, 7) is 20.6. The first kappa shape index (κ1) is 23.8. The first-order chi connectivity index (χ1) is 10.9. The summed E-state index contributed by atoms with van der Waals surface area (Å²) in [7, 11) is 0. The van der Waals surface area contributed by atoms with Gasteiger partial charge in [-0.1, -0.05) is 53.9 Å². The normalized spacial score (nSPS) is 14.0. The lowest BCUT2D eigenvalue weighted by Gasteiger charge is -2.37. The van der Waals surface area contributed by atoms with E-state index in [2.05, 4.69) is 34.6 Å². The van der Waals surface area contributed by atoms with Crippen molar-refractivity contribution in [2.45, 2.75) is 118 Å². The fourth-order valence-corrected chi connectivity index (χ4v) is 1.55. The third-order valence-electron chi connectivity index (χ3n) is 5.13. The van der Waals surface area contributed by atoms with Crippen molar-refractivity contribution in [1.29, 1.82) is 0 Å². The standard InChI is InChI=1S/C20H42O4/c1-11-12-13-14-15-20(10,23-21-18(6,7)16(2)3)24-22-19(8,9)17(4)5/h16-17H,11-15H2,1-10H3. The summed E-state index contributed by atoms with van der Waals surface area (Å²) in [5, 5.41) is 0. The molecule has 146 valence electrons. The molecule has 0 aromatic rings. The van der Waals surface area contributed by atoms with Crippen LogP contribution in [0.15, 0.2) is 0 Å². The quantitative estimate of drug-likeness (QED) is 0.166. The van der Waals surface area contributed by atoms with Crippen molar-refractivity contribution in [2.75, 3.05) is 0 Å². The average molecular weight is 347 g/mol. The summed E-state index contributed by atoms with van der Waals surface area (Å²) < 4.78 is 0. The van der Waals surface area contributed by atoms with E-state index in [-0.39, 0.29) is 11.2 Å². The van der Waals surface area contributed by atoms with Gasteiger partial charge in [0.2, 0.25) is 5.79 Å². The van der Waals surface area contributed by atoms with Gasteiger partial charge in [-0.05, 0) is 52.9 Å². The Bertz CT molecular complexity index is 311. The second-order valence-electron chi connectivity index (χ2n) is 8.79. The maximum absolute atomic E-state index is 5.76. The first-order valence-electron chi connectivity index (χ1n) is 9.60. The Morgan fingerprint density at radius 3 is 1.38 bits per heavy atom. The number of hydrogen-bond acceptors (Lipinski definition) is 4. The minimum absolute atomic E-state index is 0.329. The highest BCUT2D eigenvalue weighted by Crippen LogP contribution is 2.31. The van der Waals surface area contributed by atoms with Crippen molar-refractivity contribution in [1.82, 2.24) is 0 Å². The maximum atomic E-state index is 5.76. The highest BCUT2D eigenvalue weighted by atomic mass is 17.3. The summed E-state index contributed by atoms with van der Waals surface area (Å²) in [5.74, 6) is -0.253. The lowest BCUT2D eigenvalue weighted by Crippen LogP contribution is -2.42. The monoisotopic (exact) mass is 346 g/mol. The zero-order chi connectivity index (χ0) is 19.0. The third-order valence-corrected chi connectivity index (χ3v) is 5.13. The minimum Gasteiger partial charge on any atom is -0.227 e. The summed E-state index contributed by atoms with van der Waals surface area (Å²) in [4.78, 5) is 23.0. The second kappa shape index (κ2) is 10.1. The van der Waals surface area contributed by atoms with Crippen molar-refractivity contribution in [2.24, 2.45) is 11.8 Å². The topological polar surface area (TPSA) is 36.9 Å². The molecule has 0 amide bonds. The Labute approximate surface area is 150 Å². The molecule has 24 heavy (non-hydrogen) atoms. The van der Waals surface area contributed by atoms with Crippen LogP contribution in [0, 0.1) is 11.8 Å². The van der Waals surface area contributed by atoms with E-state index in [9.17, 15) is 0 Å². The molecule has 0 unspecified atom stereocenters. The average Bonchev–Trinajstić information content (AvgIpc) is 2.48. The van der Waals surface area contributed by atoms with Crippen LogP contribution in [0.25, 0.3) is 0 Å². The van der Waals surface area contributed by atoms with Crippen molar-refractivity contribution < 1.29 is 19.6 Å². The SMILES string of the molecule is CCCCCCC(C)(OOC(C)(C)C(C)C)OOC(C)(C)C(C)C. The van der Waals surface area contributed by atoms with E-state index in [4.69, 9.17) is 19.6 Å². The van der Waals surface area contributed by atoms with Gasteiger partial charge >= 0.3 is 0 Å². The van der Waals surface area contributed by atoms with E-state index in [0.29, 0.717) is 11.8 Å². The molecular weight excluding hydrogens is 304 g/mol. The molecule has 4 nitrogen and oxygen atoms in total. The van der Waals surface area contributed by atoms with Crippen molar-refractivity contribution in [3.8, 4) is 0 Å². The van der Waals surface area contributed by atoms with Crippen LogP contribution in [-0.2, 0) is 19.6 Å². The first-order valence-corrected chi connectivity index (χ1v) is 9.60. The molecule has 0 fully saturated rings. The lowest BCUT2D eigenvalue weighted by molar-refractivity contribution is -0.544. The predicted molar refractivity (Wildman–Crippen MR) is 99.3 cm³/mol. The van der Waals surface area contributed by atoms with Crippen LogP contribution < -0.4 is 0 Å². The molecule has 0 aliphatic heterocycles. The molecule has 0 saturated heterocycles. The molecule has 0 aromatic carbocycles. The zero-order valence-corrected chi connectivity index (χ0v) is 17.8. The Kier molecular flexibility index (Phi) is 10.0. The van der Waals surface area contributed by atoms with Crippen LogP contribution in [0.1, 0.15) is 101 Å². The third kappa shape index (κ3) is 8.80. The molecule has 4 heteroatoms. The Morgan fingerprint density at radius 1 is 0.625 bits per heavy atom. The summed E-state index contributed by atoms with van der Waals surface area (Å²) in [6.07, 6.45) is 5.32. The molecule has 0 rings (SSSR count). The van der Waals surface area contributed by atoms with E-state index >= 15 is 0 Å². The molecule has 0 bridgehead atoms. The Hall–Kier alpha value is -0.160. The largest absolute Gasteiger partial charge is 0.231 e. The van der Waals surface area contributed by atoms with Crippen LogP contribution in [0.5, 0.6) is 0 Å². The molecule has 0 spiro atoms. The molecule has 0 saturated carbocycles. The molecule has 0 atom stereocenters. The summed E-state index contributed by atoms with van der Waals surface area (Å²) in [6, 6.07) is 0. The van der Waals surface area contributed by atoms with Crippen LogP contribution in [-0.4, -0.2) is 17.0 Å². The molecule has 0 aliphatic rings. The number of rotatable bonds is 13. The summed E-state index contributed by atoms with van der Waals surface area (Å²) in [5.41, 5.74) is -0.775. The van der Waals surface area contributed by atoms with Gasteiger partial charge in [0.05, 0.1) is 0 Å². The fraction of sp³-hybridized carbons (Fsp3) is 1.00. The van der Waals surface area contributed by atoms with Crippen LogP contribution in [0.2, 0.25) is 0 Å². The van der Waals surface area contributed by atoms with E-state index in [1.807, 2.05) is 34.6 Å². The zero-order valence-electron chi connectivity index (χ0n) is 17.8. The highest BCUT2D eigenvalue weighted by molar-refractivity contribution is 4.72. The van der Waals surface area contributed by atoms with Gasteiger partial charge in [-0.2, -0.15) is 9.78 Å². The number of unbranched alkanes of at least 4 members (excludes halogenated alkanes) is 3. The van der Waals surface area contributed by atoms with Crippen LogP contribution in [0.3, 0.4) is 0 Å². The van der Waals surface area contributed by atoms with Crippen LogP contribution in [0.4, 0.5) is 0 Å². The minimum atomic E-state index is -0.911. The molecule has 0 N–H and O–H groups in total. The highest BCUT2D eigenvalue weighted by Gasteiger charge is 2.36. The maximum Gasteiger partial charge on any atom is 0.231 e. The molecule has 0 radical (unpaired) electrons. The Morgan fingerprint density at radius 2 is 1.04 bits per heavy atom. The van der Waals surface area contributed by atoms with Gasteiger partial charge in [-0.15, -0.1) is 0 Å². The van der Waals surface area contributed by atoms with Gasteiger partial charge in [-0.25, -0.2) is 9.78 Å². The lowest BCUT2D eigenvalue weighted by atomic mass is 9.95. The van der Waals surface area contributed by atoms with Crippen LogP contribution >= 0.6 is 0 Å². The second-order valence-corrected chi connectivity index (χ2v) is 8.79. The van der Waals surface area contributed by atoms with E-state index in [0.717, 1.165) is 19.3 Å². The van der Waals surface area contributed by atoms with Crippen molar-refractivity contribution in [3.05, 3.63) is 0 Å². The smallest absolute Gasteiger partial charge is 0.227 e. The predicted octanol–water partition coefficient (Wildman–Crippen LogP) is 6.44. The molecule has 0 aromatic heterocycles. The summed E-state index contributed by atoms with van der Waals surface area (Å²) >= 11 is 0. The van der Waals surface area contributed by atoms with E-state index in [1.54, 1.807) is 0 Å². The molecule has 0 aliphatic carbocycles. The molecule has 0 heterocycles. The van der Waals surface area contributed by atoms with Crippen molar-refractivity contribution in [3.63, 3.8) is 0 Å². The van der Waals surface area contributed by atoms with Gasteiger partial charge in [0.1, 0.15) is 11.2 Å². The van der Waals surface area contributed by atoms with Gasteiger partial charge < -0.3 is 0 Å². The number of hydrogen-bond donors (Lipinski definition) is 0. The van der Waals surface area contributed by atoms with Gasteiger partial charge in [0.25, 0.3) is 0 Å². The van der Waals surface area contributed by atoms with Crippen molar-refractivity contribution >= 4 is 0 Å². The van der Waals surface area contributed by atoms with Gasteiger partial charge in [-0.3, -0.25) is 0 Å². The van der Waals surface area contributed by atoms with E-state index < -0.39 is 5.79 Å².